The van der Waals surface area contributed by atoms with E-state index < -0.39 is 0 Å². The van der Waals surface area contributed by atoms with Gasteiger partial charge in [0.15, 0.2) is 0 Å². The molecule has 0 unspecified atom stereocenters. The first-order chi connectivity index (χ1) is 8.66. The lowest BCUT2D eigenvalue weighted by molar-refractivity contribution is 0.969. The summed E-state index contributed by atoms with van der Waals surface area (Å²) in [5, 5.41) is 1.16. The number of pyridine rings is 1. The molecule has 0 saturated heterocycles. The highest BCUT2D eigenvalue weighted by atomic mass is 79.9. The molecule has 0 atom stereocenters. The van der Waals surface area contributed by atoms with Crippen LogP contribution in [-0.2, 0) is 7.05 Å². The summed E-state index contributed by atoms with van der Waals surface area (Å²) in [6, 6.07) is 9.86. The van der Waals surface area contributed by atoms with E-state index in [-0.39, 0.29) is 0 Å². The molecular formula is C14H12BrN3. The Hall–Kier alpha value is -1.81. The normalized spacial score (nSPS) is 11.0. The maximum absolute atomic E-state index is 5.83. The Morgan fingerprint density at radius 1 is 1.28 bits per heavy atom. The SMILES string of the molecule is Cn1cc(-c2cc(N)ccn2)c2c(Br)cccc21. The molecule has 0 radical (unpaired) electrons. The summed E-state index contributed by atoms with van der Waals surface area (Å²) in [6.07, 6.45) is 3.82. The van der Waals surface area contributed by atoms with Crippen LogP contribution >= 0.6 is 15.9 Å². The zero-order valence-corrected chi connectivity index (χ0v) is 11.5. The number of aromatic nitrogens is 2. The van der Waals surface area contributed by atoms with Crippen molar-refractivity contribution in [1.29, 1.82) is 0 Å². The van der Waals surface area contributed by atoms with E-state index >= 15 is 0 Å². The van der Waals surface area contributed by atoms with Crippen molar-refractivity contribution >= 4 is 32.5 Å². The molecule has 0 fully saturated rings. The lowest BCUT2D eigenvalue weighted by Gasteiger charge is -2.01. The van der Waals surface area contributed by atoms with E-state index in [0.717, 1.165) is 26.8 Å². The van der Waals surface area contributed by atoms with Crippen molar-refractivity contribution < 1.29 is 0 Å². The van der Waals surface area contributed by atoms with Crippen molar-refractivity contribution in [1.82, 2.24) is 9.55 Å². The fraction of sp³-hybridized carbons (Fsp3) is 0.0714. The van der Waals surface area contributed by atoms with Crippen LogP contribution in [0.1, 0.15) is 0 Å². The fourth-order valence-electron chi connectivity index (χ4n) is 2.19. The van der Waals surface area contributed by atoms with E-state index in [0.29, 0.717) is 0 Å². The predicted molar refractivity (Wildman–Crippen MR) is 78.3 cm³/mol. The average molecular weight is 302 g/mol. The quantitative estimate of drug-likeness (QED) is 0.746. The smallest absolute Gasteiger partial charge is 0.0744 e. The fourth-order valence-corrected chi connectivity index (χ4v) is 2.76. The van der Waals surface area contributed by atoms with Crippen LogP contribution in [0.25, 0.3) is 22.2 Å². The Labute approximate surface area is 113 Å². The number of hydrogen-bond donors (Lipinski definition) is 1. The maximum atomic E-state index is 5.83. The van der Waals surface area contributed by atoms with Crippen molar-refractivity contribution in [2.75, 3.05) is 5.73 Å². The lowest BCUT2D eigenvalue weighted by atomic mass is 10.1. The predicted octanol–water partition coefficient (Wildman–Crippen LogP) is 3.59. The second kappa shape index (κ2) is 4.14. The summed E-state index contributed by atoms with van der Waals surface area (Å²) in [7, 11) is 2.03. The Bertz CT molecular complexity index is 731. The van der Waals surface area contributed by atoms with Gasteiger partial charge in [0.1, 0.15) is 0 Å². The van der Waals surface area contributed by atoms with E-state index in [2.05, 4.69) is 37.7 Å². The monoisotopic (exact) mass is 301 g/mol. The van der Waals surface area contributed by atoms with E-state index in [1.165, 1.54) is 5.52 Å². The van der Waals surface area contributed by atoms with Crippen molar-refractivity contribution in [3.63, 3.8) is 0 Å². The van der Waals surface area contributed by atoms with Gasteiger partial charge in [-0.25, -0.2) is 0 Å². The minimum Gasteiger partial charge on any atom is -0.399 e. The molecule has 0 saturated carbocycles. The molecule has 3 aromatic rings. The van der Waals surface area contributed by atoms with Gasteiger partial charge in [-0.2, -0.15) is 0 Å². The Morgan fingerprint density at radius 3 is 2.89 bits per heavy atom. The first-order valence-corrected chi connectivity index (χ1v) is 6.41. The Balaban J connectivity index is 2.36. The minimum absolute atomic E-state index is 0.726. The summed E-state index contributed by atoms with van der Waals surface area (Å²) in [4.78, 5) is 4.40. The highest BCUT2D eigenvalue weighted by Crippen LogP contribution is 2.34. The van der Waals surface area contributed by atoms with Crippen molar-refractivity contribution in [2.45, 2.75) is 0 Å². The molecule has 0 spiro atoms. The van der Waals surface area contributed by atoms with Gasteiger partial charge in [-0.05, 0) is 24.3 Å². The third-order valence-corrected chi connectivity index (χ3v) is 3.68. The van der Waals surface area contributed by atoms with Crippen molar-refractivity contribution in [2.24, 2.45) is 7.05 Å². The molecule has 2 aromatic heterocycles. The van der Waals surface area contributed by atoms with Gasteiger partial charge in [-0.1, -0.05) is 22.0 Å². The van der Waals surface area contributed by atoms with Gasteiger partial charge < -0.3 is 10.3 Å². The first-order valence-electron chi connectivity index (χ1n) is 5.62. The van der Waals surface area contributed by atoms with Crippen LogP contribution < -0.4 is 5.73 Å². The number of hydrogen-bond acceptors (Lipinski definition) is 2. The number of nitrogen functional groups attached to an aromatic ring is 1. The van der Waals surface area contributed by atoms with Gasteiger partial charge in [0.25, 0.3) is 0 Å². The molecule has 3 rings (SSSR count). The summed E-state index contributed by atoms with van der Waals surface area (Å²) in [5.41, 5.74) is 9.71. The first kappa shape index (κ1) is 11.3. The van der Waals surface area contributed by atoms with E-state index in [1.54, 1.807) is 12.3 Å². The number of benzene rings is 1. The molecular weight excluding hydrogens is 290 g/mol. The van der Waals surface area contributed by atoms with Gasteiger partial charge >= 0.3 is 0 Å². The average Bonchev–Trinajstić information content (AvgIpc) is 2.69. The zero-order valence-electron chi connectivity index (χ0n) is 9.89. The van der Waals surface area contributed by atoms with Gasteiger partial charge in [0.05, 0.1) is 5.69 Å². The molecule has 0 aliphatic carbocycles. The molecule has 2 heterocycles. The molecule has 2 N–H and O–H groups in total. The number of anilines is 1. The van der Waals surface area contributed by atoms with Crippen LogP contribution in [0, 0.1) is 0 Å². The molecule has 18 heavy (non-hydrogen) atoms. The van der Waals surface area contributed by atoms with Crippen LogP contribution in [-0.4, -0.2) is 9.55 Å². The molecule has 0 aliphatic rings. The Kier molecular flexibility index (Phi) is 2.59. The molecule has 90 valence electrons. The van der Waals surface area contributed by atoms with Gasteiger partial charge in [-0.3, -0.25) is 4.98 Å². The van der Waals surface area contributed by atoms with E-state index in [9.17, 15) is 0 Å². The van der Waals surface area contributed by atoms with Crippen LogP contribution in [0.2, 0.25) is 0 Å². The number of nitrogens with two attached hydrogens (primary N) is 1. The third kappa shape index (κ3) is 1.69. The third-order valence-electron chi connectivity index (χ3n) is 3.02. The highest BCUT2D eigenvalue weighted by Gasteiger charge is 2.12. The Morgan fingerprint density at radius 2 is 2.11 bits per heavy atom. The van der Waals surface area contributed by atoms with Crippen LogP contribution in [0.15, 0.2) is 47.2 Å². The molecule has 3 nitrogen and oxygen atoms in total. The van der Waals surface area contributed by atoms with Crippen LogP contribution in [0.4, 0.5) is 5.69 Å². The van der Waals surface area contributed by atoms with Gasteiger partial charge in [-0.15, -0.1) is 0 Å². The maximum Gasteiger partial charge on any atom is 0.0744 e. The van der Waals surface area contributed by atoms with E-state index in [1.807, 2.05) is 25.2 Å². The second-order valence-corrected chi connectivity index (χ2v) is 5.12. The number of aryl methyl sites for hydroxylation is 1. The zero-order chi connectivity index (χ0) is 12.7. The van der Waals surface area contributed by atoms with Crippen molar-refractivity contribution in [3.8, 4) is 11.3 Å². The van der Waals surface area contributed by atoms with Gasteiger partial charge in [0, 0.05) is 46.1 Å². The lowest BCUT2D eigenvalue weighted by Crippen LogP contribution is -1.88. The van der Waals surface area contributed by atoms with Crippen LogP contribution in [0.3, 0.4) is 0 Å². The standard InChI is InChI=1S/C14H12BrN3/c1-18-8-10(12-7-9(16)5-6-17-12)14-11(15)3-2-4-13(14)18/h2-8H,1H3,(H2,16,17). The van der Waals surface area contributed by atoms with Gasteiger partial charge in [0.2, 0.25) is 0 Å². The second-order valence-electron chi connectivity index (χ2n) is 4.26. The number of rotatable bonds is 1. The molecule has 4 heteroatoms. The summed E-state index contributed by atoms with van der Waals surface area (Å²) < 4.78 is 3.17. The summed E-state index contributed by atoms with van der Waals surface area (Å²) in [5.74, 6) is 0. The summed E-state index contributed by atoms with van der Waals surface area (Å²) >= 11 is 3.60. The summed E-state index contributed by atoms with van der Waals surface area (Å²) in [6.45, 7) is 0. The highest BCUT2D eigenvalue weighted by molar-refractivity contribution is 9.10. The largest absolute Gasteiger partial charge is 0.399 e. The number of halogens is 1. The number of nitrogens with zero attached hydrogens (tertiary/aromatic N) is 2. The molecule has 0 bridgehead atoms. The van der Waals surface area contributed by atoms with E-state index in [4.69, 9.17) is 5.73 Å². The molecule has 1 aromatic carbocycles. The molecule has 0 amide bonds. The molecule has 0 aliphatic heterocycles. The number of fused-ring (bicyclic) bond motifs is 1. The topological polar surface area (TPSA) is 43.8 Å². The minimum atomic E-state index is 0.726. The van der Waals surface area contributed by atoms with Crippen LogP contribution in [0.5, 0.6) is 0 Å². The van der Waals surface area contributed by atoms with Crippen molar-refractivity contribution in [3.05, 3.63) is 47.2 Å².